The lowest BCUT2D eigenvalue weighted by Crippen LogP contribution is -2.43. The van der Waals surface area contributed by atoms with Gasteiger partial charge in [-0.2, -0.15) is 0 Å². The van der Waals surface area contributed by atoms with Crippen molar-refractivity contribution in [2.75, 3.05) is 7.05 Å². The van der Waals surface area contributed by atoms with Gasteiger partial charge in [0.05, 0.1) is 3.79 Å². The molecule has 1 aromatic heterocycles. The highest BCUT2D eigenvalue weighted by atomic mass is 79.9. The lowest BCUT2D eigenvalue weighted by Gasteiger charge is -2.26. The molecule has 18 heavy (non-hydrogen) atoms. The first-order valence-electron chi connectivity index (χ1n) is 6.39. The van der Waals surface area contributed by atoms with Gasteiger partial charge in [-0.3, -0.25) is 0 Å². The van der Waals surface area contributed by atoms with Crippen LogP contribution in [0.3, 0.4) is 0 Å². The maximum absolute atomic E-state index is 12.0. The number of urea groups is 1. The van der Waals surface area contributed by atoms with Crippen molar-refractivity contribution in [3.8, 4) is 0 Å². The van der Waals surface area contributed by atoms with Gasteiger partial charge >= 0.3 is 6.03 Å². The van der Waals surface area contributed by atoms with Crippen LogP contribution in [0, 0.1) is 0 Å². The molecule has 0 radical (unpaired) electrons. The van der Waals surface area contributed by atoms with E-state index in [1.807, 2.05) is 7.05 Å². The molecule has 3 nitrogen and oxygen atoms in total. The van der Waals surface area contributed by atoms with E-state index in [1.165, 1.54) is 24.8 Å². The van der Waals surface area contributed by atoms with Crippen molar-refractivity contribution in [3.63, 3.8) is 0 Å². The van der Waals surface area contributed by atoms with Crippen LogP contribution in [0.1, 0.15) is 37.7 Å². The highest BCUT2D eigenvalue weighted by Gasteiger charge is 2.18. The number of amides is 2. The summed E-state index contributed by atoms with van der Waals surface area (Å²) in [6, 6.07) is 2.49. The maximum atomic E-state index is 12.0. The molecular weight excluding hydrogens is 312 g/mol. The minimum atomic E-state index is 0.0456. The van der Waals surface area contributed by atoms with Gasteiger partial charge in [0.1, 0.15) is 0 Å². The topological polar surface area (TPSA) is 32.3 Å². The number of rotatable bonds is 3. The van der Waals surface area contributed by atoms with Crippen molar-refractivity contribution >= 4 is 33.3 Å². The smallest absolute Gasteiger partial charge is 0.317 e. The van der Waals surface area contributed by atoms with E-state index >= 15 is 0 Å². The van der Waals surface area contributed by atoms with Crippen LogP contribution < -0.4 is 5.32 Å². The number of thiophene rings is 1. The third kappa shape index (κ3) is 3.99. The Morgan fingerprint density at radius 1 is 1.50 bits per heavy atom. The summed E-state index contributed by atoms with van der Waals surface area (Å²) in [5.74, 6) is 0. The van der Waals surface area contributed by atoms with Crippen molar-refractivity contribution in [3.05, 3.63) is 20.8 Å². The van der Waals surface area contributed by atoms with E-state index in [2.05, 4.69) is 32.7 Å². The van der Waals surface area contributed by atoms with Crippen LogP contribution in [0.15, 0.2) is 15.2 Å². The number of hydrogen-bond acceptors (Lipinski definition) is 2. The number of hydrogen-bond donors (Lipinski definition) is 1. The Balaban J connectivity index is 1.80. The van der Waals surface area contributed by atoms with E-state index in [0.717, 1.165) is 16.6 Å². The molecule has 1 saturated carbocycles. The van der Waals surface area contributed by atoms with Crippen LogP contribution in [-0.2, 0) is 6.54 Å². The molecule has 0 spiro atoms. The zero-order chi connectivity index (χ0) is 13.0. The van der Waals surface area contributed by atoms with Gasteiger partial charge in [-0.25, -0.2) is 4.79 Å². The second-order valence-electron chi connectivity index (χ2n) is 4.90. The third-order valence-electron chi connectivity index (χ3n) is 3.32. The Bertz CT molecular complexity index is 401. The molecule has 100 valence electrons. The summed E-state index contributed by atoms with van der Waals surface area (Å²) in [7, 11) is 1.85. The quantitative estimate of drug-likeness (QED) is 0.893. The summed E-state index contributed by atoms with van der Waals surface area (Å²) < 4.78 is 1.11. The van der Waals surface area contributed by atoms with Crippen molar-refractivity contribution < 1.29 is 4.79 Å². The van der Waals surface area contributed by atoms with Gasteiger partial charge in [0, 0.05) is 19.6 Å². The largest absolute Gasteiger partial charge is 0.335 e. The summed E-state index contributed by atoms with van der Waals surface area (Å²) >= 11 is 5.09. The lowest BCUT2D eigenvalue weighted by molar-refractivity contribution is 0.198. The van der Waals surface area contributed by atoms with Crippen LogP contribution in [0.4, 0.5) is 4.79 Å². The van der Waals surface area contributed by atoms with Crippen molar-refractivity contribution in [2.24, 2.45) is 0 Å². The molecule has 0 unspecified atom stereocenters. The number of halogens is 1. The number of carbonyl (C=O) groups is 1. The molecular formula is C13H19BrN2OS. The van der Waals surface area contributed by atoms with Crippen molar-refractivity contribution in [1.29, 1.82) is 0 Å². The Morgan fingerprint density at radius 2 is 2.22 bits per heavy atom. The van der Waals surface area contributed by atoms with Crippen LogP contribution in [-0.4, -0.2) is 24.0 Å². The maximum Gasteiger partial charge on any atom is 0.317 e. The Morgan fingerprint density at radius 3 is 2.83 bits per heavy atom. The molecule has 2 amide bonds. The summed E-state index contributed by atoms with van der Waals surface area (Å²) in [6.45, 7) is 0.667. The molecule has 1 aromatic rings. The fourth-order valence-electron chi connectivity index (χ4n) is 2.31. The molecule has 1 aliphatic carbocycles. The van der Waals surface area contributed by atoms with Crippen molar-refractivity contribution in [2.45, 2.75) is 44.7 Å². The van der Waals surface area contributed by atoms with Gasteiger partial charge in [0.25, 0.3) is 0 Å². The third-order valence-corrected chi connectivity index (χ3v) is 4.87. The lowest BCUT2D eigenvalue weighted by atomic mass is 9.96. The van der Waals surface area contributed by atoms with Crippen LogP contribution in [0.25, 0.3) is 0 Å². The first-order valence-corrected chi connectivity index (χ1v) is 8.07. The van der Waals surface area contributed by atoms with E-state index in [1.54, 1.807) is 16.2 Å². The molecule has 0 bridgehead atoms. The normalized spacial score (nSPS) is 16.6. The van der Waals surface area contributed by atoms with Gasteiger partial charge in [-0.15, -0.1) is 11.3 Å². The van der Waals surface area contributed by atoms with Gasteiger partial charge in [0.2, 0.25) is 0 Å². The monoisotopic (exact) mass is 330 g/mol. The highest BCUT2D eigenvalue weighted by molar-refractivity contribution is 9.11. The summed E-state index contributed by atoms with van der Waals surface area (Å²) in [5, 5.41) is 5.20. The first-order chi connectivity index (χ1) is 8.65. The minimum Gasteiger partial charge on any atom is -0.335 e. The van der Waals surface area contributed by atoms with Crippen molar-refractivity contribution in [1.82, 2.24) is 10.2 Å². The van der Waals surface area contributed by atoms with E-state index in [9.17, 15) is 4.79 Å². The molecule has 0 saturated heterocycles. The second-order valence-corrected chi connectivity index (χ2v) is 7.19. The molecule has 1 fully saturated rings. The Labute approximate surface area is 121 Å². The van der Waals surface area contributed by atoms with E-state index in [-0.39, 0.29) is 6.03 Å². The Kier molecular flexibility index (Phi) is 5.06. The van der Waals surface area contributed by atoms with E-state index < -0.39 is 0 Å². The second kappa shape index (κ2) is 6.57. The molecule has 1 aliphatic rings. The molecule has 1 heterocycles. The predicted octanol–water partition coefficient (Wildman–Crippen LogP) is 3.98. The molecule has 2 rings (SSSR count). The van der Waals surface area contributed by atoms with Gasteiger partial charge in [-0.05, 0) is 45.8 Å². The van der Waals surface area contributed by atoms with E-state index in [4.69, 9.17) is 0 Å². The SMILES string of the molecule is CN(Cc1csc(Br)c1)C(=O)NC1CCCCC1. The number of carbonyl (C=O) groups excluding carboxylic acids is 1. The van der Waals surface area contributed by atoms with Crippen LogP contribution in [0.2, 0.25) is 0 Å². The summed E-state index contributed by atoms with van der Waals surface area (Å²) in [6.07, 6.45) is 6.05. The molecule has 0 aliphatic heterocycles. The van der Waals surface area contributed by atoms with Gasteiger partial charge in [-0.1, -0.05) is 19.3 Å². The zero-order valence-corrected chi connectivity index (χ0v) is 13.0. The molecule has 1 N–H and O–H groups in total. The average Bonchev–Trinajstić information content (AvgIpc) is 2.76. The standard InChI is InChI=1S/C13H19BrN2OS/c1-16(8-10-7-12(14)18-9-10)13(17)15-11-5-3-2-4-6-11/h7,9,11H,2-6,8H2,1H3,(H,15,17). The Hall–Kier alpha value is -0.550. The fourth-order valence-corrected chi connectivity index (χ4v) is 3.51. The molecule has 5 heteroatoms. The molecule has 0 atom stereocenters. The van der Waals surface area contributed by atoms with Gasteiger partial charge in [0.15, 0.2) is 0 Å². The fraction of sp³-hybridized carbons (Fsp3) is 0.615. The number of nitrogens with zero attached hydrogens (tertiary/aromatic N) is 1. The summed E-state index contributed by atoms with van der Waals surface area (Å²) in [5.41, 5.74) is 1.17. The average molecular weight is 331 g/mol. The van der Waals surface area contributed by atoms with Gasteiger partial charge < -0.3 is 10.2 Å². The summed E-state index contributed by atoms with van der Waals surface area (Å²) in [4.78, 5) is 13.8. The van der Waals surface area contributed by atoms with E-state index in [0.29, 0.717) is 12.6 Å². The predicted molar refractivity (Wildman–Crippen MR) is 78.9 cm³/mol. The van der Waals surface area contributed by atoms with Crippen LogP contribution in [0.5, 0.6) is 0 Å². The molecule has 0 aromatic carbocycles. The van der Waals surface area contributed by atoms with Crippen LogP contribution >= 0.6 is 27.3 Å². The zero-order valence-electron chi connectivity index (χ0n) is 10.6. The first kappa shape index (κ1) is 13.9. The minimum absolute atomic E-state index is 0.0456. The number of nitrogens with one attached hydrogen (secondary N) is 1. The highest BCUT2D eigenvalue weighted by Crippen LogP contribution is 2.22.